The second kappa shape index (κ2) is 6.67. The summed E-state index contributed by atoms with van der Waals surface area (Å²) < 4.78 is 16.2. The van der Waals surface area contributed by atoms with Crippen molar-refractivity contribution in [2.24, 2.45) is 4.99 Å². The van der Waals surface area contributed by atoms with Gasteiger partial charge >= 0.3 is 0 Å². The Balaban J connectivity index is 1.95. The molecular formula is C20H18ClFN4. The molecule has 0 fully saturated rings. The topological polar surface area (TPSA) is 33.4 Å². The van der Waals surface area contributed by atoms with E-state index < -0.39 is 0 Å². The fourth-order valence-corrected chi connectivity index (χ4v) is 3.51. The Morgan fingerprint density at radius 3 is 2.73 bits per heavy atom. The molecule has 0 unspecified atom stereocenters. The standard InChI is InChI=1S/C20H18ClFN4/c1-25(2)12-14-10-23-19-11-24-20(15-5-3-4-6-17(15)21)16-9-13(22)7-8-18(16)26(14)19/h3-10H,11-12H2,1-2H3. The highest BCUT2D eigenvalue weighted by molar-refractivity contribution is 6.35. The van der Waals surface area contributed by atoms with Gasteiger partial charge in [0.05, 0.1) is 29.8 Å². The fourth-order valence-electron chi connectivity index (χ4n) is 3.28. The van der Waals surface area contributed by atoms with Crippen LogP contribution in [-0.2, 0) is 13.1 Å². The number of rotatable bonds is 3. The summed E-state index contributed by atoms with van der Waals surface area (Å²) in [6.07, 6.45) is 1.86. The molecule has 4 nitrogen and oxygen atoms in total. The number of hydrogen-bond acceptors (Lipinski definition) is 3. The van der Waals surface area contributed by atoms with Crippen LogP contribution in [0, 0.1) is 5.82 Å². The third kappa shape index (κ3) is 2.93. The van der Waals surface area contributed by atoms with Crippen LogP contribution in [0.5, 0.6) is 0 Å². The maximum absolute atomic E-state index is 14.1. The van der Waals surface area contributed by atoms with E-state index >= 15 is 0 Å². The average molecular weight is 369 g/mol. The van der Waals surface area contributed by atoms with Crippen LogP contribution in [0.4, 0.5) is 4.39 Å². The quantitative estimate of drug-likeness (QED) is 0.698. The third-order valence-electron chi connectivity index (χ3n) is 4.35. The Labute approximate surface area is 156 Å². The molecule has 0 bridgehead atoms. The fraction of sp³-hybridized carbons (Fsp3) is 0.200. The van der Waals surface area contributed by atoms with Crippen LogP contribution in [0.25, 0.3) is 5.69 Å². The summed E-state index contributed by atoms with van der Waals surface area (Å²) in [6.45, 7) is 1.13. The predicted molar refractivity (Wildman–Crippen MR) is 102 cm³/mol. The van der Waals surface area contributed by atoms with Crippen molar-refractivity contribution in [3.8, 4) is 5.69 Å². The first-order chi connectivity index (χ1) is 12.5. The average Bonchev–Trinajstić information content (AvgIpc) is 2.91. The second-order valence-electron chi connectivity index (χ2n) is 6.55. The Morgan fingerprint density at radius 2 is 1.96 bits per heavy atom. The van der Waals surface area contributed by atoms with Gasteiger partial charge < -0.3 is 4.90 Å². The van der Waals surface area contributed by atoms with Crippen LogP contribution in [0.2, 0.25) is 5.02 Å². The summed E-state index contributed by atoms with van der Waals surface area (Å²) in [5.41, 5.74) is 4.10. The number of aliphatic imine (C=N–C) groups is 1. The molecule has 0 saturated carbocycles. The number of aromatic nitrogens is 2. The lowest BCUT2D eigenvalue weighted by atomic mass is 10.00. The van der Waals surface area contributed by atoms with Gasteiger partial charge in [0.2, 0.25) is 0 Å². The first kappa shape index (κ1) is 16.9. The van der Waals surface area contributed by atoms with Crippen molar-refractivity contribution in [3.05, 3.63) is 82.1 Å². The zero-order valence-corrected chi connectivity index (χ0v) is 15.3. The van der Waals surface area contributed by atoms with Gasteiger partial charge in [0.15, 0.2) is 0 Å². The molecular weight excluding hydrogens is 351 g/mol. The van der Waals surface area contributed by atoms with Gasteiger partial charge in [0.1, 0.15) is 11.6 Å². The number of nitrogens with zero attached hydrogens (tertiary/aromatic N) is 4. The molecule has 0 amide bonds. The Hall–Kier alpha value is -2.50. The zero-order chi connectivity index (χ0) is 18.3. The van der Waals surface area contributed by atoms with Crippen LogP contribution in [0.15, 0.2) is 53.7 Å². The summed E-state index contributed by atoms with van der Waals surface area (Å²) >= 11 is 6.40. The molecule has 0 radical (unpaired) electrons. The molecule has 0 saturated heterocycles. The minimum Gasteiger partial charge on any atom is -0.304 e. The van der Waals surface area contributed by atoms with Gasteiger partial charge in [0, 0.05) is 22.7 Å². The van der Waals surface area contributed by atoms with Crippen LogP contribution in [0.1, 0.15) is 22.6 Å². The predicted octanol–water partition coefficient (Wildman–Crippen LogP) is 4.08. The molecule has 4 rings (SSSR count). The molecule has 26 heavy (non-hydrogen) atoms. The van der Waals surface area contributed by atoms with E-state index in [9.17, 15) is 4.39 Å². The summed E-state index contributed by atoms with van der Waals surface area (Å²) in [5, 5.41) is 0.592. The molecule has 3 aromatic rings. The summed E-state index contributed by atoms with van der Waals surface area (Å²) in [5.74, 6) is 0.526. The largest absolute Gasteiger partial charge is 0.304 e. The van der Waals surface area contributed by atoms with E-state index in [4.69, 9.17) is 16.6 Å². The summed E-state index contributed by atoms with van der Waals surface area (Å²) in [6, 6.07) is 12.3. The van der Waals surface area contributed by atoms with Crippen LogP contribution >= 0.6 is 11.6 Å². The number of imidazole rings is 1. The molecule has 0 spiro atoms. The SMILES string of the molecule is CN(C)Cc1cnc2n1-c1ccc(F)cc1C(c1ccccc1Cl)=NC2. The van der Waals surface area contributed by atoms with E-state index in [-0.39, 0.29) is 5.82 Å². The molecule has 0 N–H and O–H groups in total. The minimum atomic E-state index is -0.304. The highest BCUT2D eigenvalue weighted by Crippen LogP contribution is 2.29. The number of halogens is 2. The highest BCUT2D eigenvalue weighted by Gasteiger charge is 2.23. The third-order valence-corrected chi connectivity index (χ3v) is 4.68. The lowest BCUT2D eigenvalue weighted by molar-refractivity contribution is 0.393. The van der Waals surface area contributed by atoms with Crippen LogP contribution in [0.3, 0.4) is 0 Å². The maximum atomic E-state index is 14.1. The minimum absolute atomic E-state index is 0.304. The summed E-state index contributed by atoms with van der Waals surface area (Å²) in [7, 11) is 4.02. The van der Waals surface area contributed by atoms with Gasteiger partial charge in [-0.1, -0.05) is 29.8 Å². The van der Waals surface area contributed by atoms with Crippen molar-refractivity contribution in [2.45, 2.75) is 13.1 Å². The highest BCUT2D eigenvalue weighted by atomic mass is 35.5. The van der Waals surface area contributed by atoms with E-state index in [0.29, 0.717) is 17.3 Å². The lowest BCUT2D eigenvalue weighted by Crippen LogP contribution is -2.16. The molecule has 1 aliphatic rings. The Kier molecular flexibility index (Phi) is 4.34. The van der Waals surface area contributed by atoms with E-state index in [0.717, 1.165) is 34.9 Å². The van der Waals surface area contributed by atoms with Gasteiger partial charge in [0.25, 0.3) is 0 Å². The van der Waals surface area contributed by atoms with Crippen LogP contribution in [-0.4, -0.2) is 34.3 Å². The first-order valence-electron chi connectivity index (χ1n) is 8.34. The zero-order valence-electron chi connectivity index (χ0n) is 14.6. The van der Waals surface area contributed by atoms with Crippen molar-refractivity contribution in [1.82, 2.24) is 14.5 Å². The molecule has 6 heteroatoms. The molecule has 2 aromatic carbocycles. The number of benzene rings is 2. The van der Waals surface area contributed by atoms with Crippen molar-refractivity contribution >= 4 is 17.3 Å². The molecule has 1 aromatic heterocycles. The molecule has 132 valence electrons. The molecule has 0 atom stereocenters. The van der Waals surface area contributed by atoms with Gasteiger partial charge in [-0.3, -0.25) is 9.56 Å². The van der Waals surface area contributed by atoms with Crippen molar-refractivity contribution in [3.63, 3.8) is 0 Å². The van der Waals surface area contributed by atoms with Gasteiger partial charge in [-0.25, -0.2) is 9.37 Å². The maximum Gasteiger partial charge on any atom is 0.135 e. The van der Waals surface area contributed by atoms with Crippen molar-refractivity contribution in [1.29, 1.82) is 0 Å². The van der Waals surface area contributed by atoms with Crippen molar-refractivity contribution in [2.75, 3.05) is 14.1 Å². The van der Waals surface area contributed by atoms with E-state index in [2.05, 4.69) is 14.5 Å². The molecule has 0 aliphatic carbocycles. The first-order valence-corrected chi connectivity index (χ1v) is 8.72. The second-order valence-corrected chi connectivity index (χ2v) is 6.95. The Bertz CT molecular complexity index is 1010. The summed E-state index contributed by atoms with van der Waals surface area (Å²) in [4.78, 5) is 11.4. The van der Waals surface area contributed by atoms with E-state index in [1.54, 1.807) is 6.07 Å². The van der Waals surface area contributed by atoms with Crippen LogP contribution < -0.4 is 0 Å². The number of hydrogen-bond donors (Lipinski definition) is 0. The molecule has 2 heterocycles. The molecule has 1 aliphatic heterocycles. The monoisotopic (exact) mass is 368 g/mol. The smallest absolute Gasteiger partial charge is 0.135 e. The van der Waals surface area contributed by atoms with E-state index in [1.165, 1.54) is 12.1 Å². The van der Waals surface area contributed by atoms with Gasteiger partial charge in [-0.05, 0) is 38.4 Å². The van der Waals surface area contributed by atoms with Gasteiger partial charge in [-0.2, -0.15) is 0 Å². The Morgan fingerprint density at radius 1 is 1.15 bits per heavy atom. The normalized spacial score (nSPS) is 13.2. The van der Waals surface area contributed by atoms with Gasteiger partial charge in [-0.15, -0.1) is 0 Å². The number of fused-ring (bicyclic) bond motifs is 3. The van der Waals surface area contributed by atoms with Crippen molar-refractivity contribution < 1.29 is 4.39 Å². The van der Waals surface area contributed by atoms with E-state index in [1.807, 2.05) is 44.6 Å². The lowest BCUT2D eigenvalue weighted by Gasteiger charge is -2.17.